The number of aromatic carboxylic acids is 1. The molecule has 2 bridgehead atoms. The summed E-state index contributed by atoms with van der Waals surface area (Å²) in [5.74, 6) is -1.16. The fourth-order valence-electron chi connectivity index (χ4n) is 3.02. The van der Waals surface area contributed by atoms with Crippen molar-refractivity contribution >= 4 is 5.97 Å². The Hall–Kier alpha value is -1.62. The van der Waals surface area contributed by atoms with Crippen molar-refractivity contribution in [1.82, 2.24) is 4.57 Å². The zero-order chi connectivity index (χ0) is 12.7. The highest BCUT2D eigenvalue weighted by atomic mass is 16.5. The van der Waals surface area contributed by atoms with Crippen molar-refractivity contribution in [2.24, 2.45) is 0 Å². The molecule has 3 rings (SSSR count). The number of rotatable bonds is 2. The van der Waals surface area contributed by atoms with Crippen LogP contribution in [0.5, 0.6) is 0 Å². The third-order valence-electron chi connectivity index (χ3n) is 3.86. The highest BCUT2D eigenvalue weighted by Crippen LogP contribution is 2.37. The largest absolute Gasteiger partial charge is 0.477 e. The van der Waals surface area contributed by atoms with Gasteiger partial charge in [0.1, 0.15) is 5.56 Å². The fraction of sp³-hybridized carbons (Fsp3) is 0.538. The Bertz CT molecular complexity index is 524. The van der Waals surface area contributed by atoms with Crippen LogP contribution >= 0.6 is 0 Å². The number of fused-ring (bicyclic) bond motifs is 2. The van der Waals surface area contributed by atoms with Gasteiger partial charge in [0.25, 0.3) is 5.56 Å². The summed E-state index contributed by atoms with van der Waals surface area (Å²) in [6.45, 7) is 0. The Balaban J connectivity index is 1.95. The van der Waals surface area contributed by atoms with E-state index in [9.17, 15) is 9.59 Å². The Morgan fingerprint density at radius 2 is 2.00 bits per heavy atom. The highest BCUT2D eigenvalue weighted by molar-refractivity contribution is 5.86. The minimum Gasteiger partial charge on any atom is -0.477 e. The number of hydrogen-bond donors (Lipinski definition) is 1. The molecule has 5 heteroatoms. The maximum atomic E-state index is 12.1. The Morgan fingerprint density at radius 3 is 2.61 bits per heavy atom. The molecule has 0 radical (unpaired) electrons. The van der Waals surface area contributed by atoms with Crippen LogP contribution < -0.4 is 5.56 Å². The molecule has 0 amide bonds. The number of carboxylic acids is 1. The van der Waals surface area contributed by atoms with Crippen molar-refractivity contribution in [3.8, 4) is 0 Å². The first kappa shape index (κ1) is 11.5. The molecular weight excluding hydrogens is 234 g/mol. The molecule has 18 heavy (non-hydrogen) atoms. The van der Waals surface area contributed by atoms with E-state index in [0.717, 1.165) is 25.7 Å². The molecule has 2 fully saturated rings. The number of nitrogens with zero attached hydrogens (tertiary/aromatic N) is 1. The molecule has 0 spiro atoms. The van der Waals surface area contributed by atoms with Gasteiger partial charge < -0.3 is 14.4 Å². The first-order valence-electron chi connectivity index (χ1n) is 6.25. The number of aromatic nitrogens is 1. The van der Waals surface area contributed by atoms with Gasteiger partial charge in [-0.1, -0.05) is 0 Å². The molecule has 2 aliphatic heterocycles. The molecule has 1 aromatic rings. The lowest BCUT2D eigenvalue weighted by molar-refractivity contribution is -0.0165. The Labute approximate surface area is 104 Å². The zero-order valence-corrected chi connectivity index (χ0v) is 9.91. The van der Waals surface area contributed by atoms with Gasteiger partial charge in [0.05, 0.1) is 12.2 Å². The molecular formula is C13H15NO4. The van der Waals surface area contributed by atoms with Gasteiger partial charge in [-0.05, 0) is 37.8 Å². The molecule has 96 valence electrons. The lowest BCUT2D eigenvalue weighted by Crippen LogP contribution is -2.34. The van der Waals surface area contributed by atoms with E-state index in [1.54, 1.807) is 16.8 Å². The van der Waals surface area contributed by atoms with Crippen LogP contribution in [0.1, 0.15) is 42.1 Å². The molecule has 3 atom stereocenters. The molecule has 0 aromatic carbocycles. The second-order valence-corrected chi connectivity index (χ2v) is 5.02. The first-order chi connectivity index (χ1) is 8.65. The van der Waals surface area contributed by atoms with E-state index in [-0.39, 0.29) is 23.8 Å². The van der Waals surface area contributed by atoms with Gasteiger partial charge in [-0.25, -0.2) is 4.79 Å². The normalized spacial score (nSPS) is 30.3. The second kappa shape index (κ2) is 4.24. The Kier molecular flexibility index (Phi) is 2.70. The summed E-state index contributed by atoms with van der Waals surface area (Å²) in [7, 11) is 0. The summed E-state index contributed by atoms with van der Waals surface area (Å²) in [6.07, 6.45) is 5.86. The van der Waals surface area contributed by atoms with Gasteiger partial charge in [-0.3, -0.25) is 4.79 Å². The van der Waals surface area contributed by atoms with Crippen molar-refractivity contribution < 1.29 is 14.6 Å². The van der Waals surface area contributed by atoms with Crippen LogP contribution in [0.4, 0.5) is 0 Å². The van der Waals surface area contributed by atoms with Gasteiger partial charge in [-0.2, -0.15) is 0 Å². The quantitative estimate of drug-likeness (QED) is 0.860. The van der Waals surface area contributed by atoms with Crippen LogP contribution in [-0.4, -0.2) is 27.9 Å². The molecule has 2 saturated heterocycles. The number of pyridine rings is 1. The van der Waals surface area contributed by atoms with Crippen LogP contribution in [-0.2, 0) is 4.74 Å². The molecule has 1 unspecified atom stereocenters. The van der Waals surface area contributed by atoms with E-state index in [2.05, 4.69) is 0 Å². The van der Waals surface area contributed by atoms with Crippen molar-refractivity contribution in [2.75, 3.05) is 0 Å². The number of carbonyl (C=O) groups is 1. The van der Waals surface area contributed by atoms with Gasteiger partial charge in [-0.15, -0.1) is 0 Å². The predicted molar refractivity (Wildman–Crippen MR) is 63.8 cm³/mol. The Morgan fingerprint density at radius 1 is 1.33 bits per heavy atom. The summed E-state index contributed by atoms with van der Waals surface area (Å²) in [4.78, 5) is 23.0. The van der Waals surface area contributed by atoms with Crippen molar-refractivity contribution in [3.63, 3.8) is 0 Å². The molecule has 1 N–H and O–H groups in total. The molecule has 2 aliphatic rings. The van der Waals surface area contributed by atoms with Gasteiger partial charge in [0.15, 0.2) is 0 Å². The zero-order valence-electron chi connectivity index (χ0n) is 9.91. The van der Waals surface area contributed by atoms with Crippen molar-refractivity contribution in [2.45, 2.75) is 43.9 Å². The molecule has 3 heterocycles. The summed E-state index contributed by atoms with van der Waals surface area (Å²) >= 11 is 0. The lowest BCUT2D eigenvalue weighted by atomic mass is 10.0. The number of carboxylic acid groups (broad SMARTS) is 1. The fourth-order valence-corrected chi connectivity index (χ4v) is 3.02. The van der Waals surface area contributed by atoms with E-state index in [0.29, 0.717) is 0 Å². The summed E-state index contributed by atoms with van der Waals surface area (Å²) in [5.41, 5.74) is -0.562. The number of ether oxygens (including phenoxy) is 1. The predicted octanol–water partition coefficient (Wildman–Crippen LogP) is 1.43. The monoisotopic (exact) mass is 249 g/mol. The van der Waals surface area contributed by atoms with Crippen LogP contribution in [0.15, 0.2) is 23.1 Å². The lowest BCUT2D eigenvalue weighted by Gasteiger charge is -2.29. The maximum Gasteiger partial charge on any atom is 0.341 e. The van der Waals surface area contributed by atoms with E-state index in [4.69, 9.17) is 9.84 Å². The van der Waals surface area contributed by atoms with Gasteiger partial charge in [0, 0.05) is 12.2 Å². The third-order valence-corrected chi connectivity index (χ3v) is 3.86. The van der Waals surface area contributed by atoms with Crippen LogP contribution in [0.2, 0.25) is 0 Å². The molecule has 0 aliphatic carbocycles. The smallest absolute Gasteiger partial charge is 0.341 e. The molecule has 1 aromatic heterocycles. The third kappa shape index (κ3) is 1.84. The summed E-state index contributed by atoms with van der Waals surface area (Å²) in [6, 6.07) is 3.06. The average Bonchev–Trinajstić information content (AvgIpc) is 2.68. The SMILES string of the molecule is O=C(O)c1cccn(C2C[C@H]3CC[C@@H](C2)O3)c1=O. The number of hydrogen-bond acceptors (Lipinski definition) is 3. The first-order valence-corrected chi connectivity index (χ1v) is 6.25. The maximum absolute atomic E-state index is 12.1. The summed E-state index contributed by atoms with van der Waals surface area (Å²) < 4.78 is 7.30. The van der Waals surface area contributed by atoms with E-state index in [1.165, 1.54) is 6.07 Å². The van der Waals surface area contributed by atoms with E-state index < -0.39 is 11.5 Å². The van der Waals surface area contributed by atoms with E-state index in [1.807, 2.05) is 0 Å². The van der Waals surface area contributed by atoms with Crippen LogP contribution in [0, 0.1) is 0 Å². The molecule has 0 saturated carbocycles. The van der Waals surface area contributed by atoms with Gasteiger partial charge >= 0.3 is 5.97 Å². The highest BCUT2D eigenvalue weighted by Gasteiger charge is 2.36. The van der Waals surface area contributed by atoms with Gasteiger partial charge in [0.2, 0.25) is 0 Å². The van der Waals surface area contributed by atoms with Crippen LogP contribution in [0.25, 0.3) is 0 Å². The minimum absolute atomic E-state index is 0.0723. The average molecular weight is 249 g/mol. The van der Waals surface area contributed by atoms with Crippen molar-refractivity contribution in [3.05, 3.63) is 34.2 Å². The topological polar surface area (TPSA) is 68.5 Å². The molecule has 5 nitrogen and oxygen atoms in total. The minimum atomic E-state index is -1.16. The summed E-state index contributed by atoms with van der Waals surface area (Å²) in [5, 5.41) is 8.97. The second-order valence-electron chi connectivity index (χ2n) is 5.02. The van der Waals surface area contributed by atoms with E-state index >= 15 is 0 Å². The van der Waals surface area contributed by atoms with Crippen molar-refractivity contribution in [1.29, 1.82) is 0 Å². The van der Waals surface area contributed by atoms with Crippen LogP contribution in [0.3, 0.4) is 0 Å². The standard InChI is InChI=1S/C13H15NO4/c15-12-11(13(16)17)2-1-5-14(12)8-6-9-3-4-10(7-8)18-9/h1-2,5,8-10H,3-4,6-7H2,(H,16,17)/t8?,9-,10+.